The van der Waals surface area contributed by atoms with Gasteiger partial charge in [-0.15, -0.1) is 0 Å². The second-order valence-electron chi connectivity index (χ2n) is 1.91. The Morgan fingerprint density at radius 1 is 1.78 bits per heavy atom. The minimum atomic E-state index is 0.781. The molecule has 0 unspecified atom stereocenters. The van der Waals surface area contributed by atoms with Crippen molar-refractivity contribution in [1.82, 2.24) is 0 Å². The van der Waals surface area contributed by atoms with Crippen molar-refractivity contribution in [3.8, 4) is 0 Å². The molecule has 0 aromatic carbocycles. The molecule has 1 aliphatic rings. The lowest BCUT2D eigenvalue weighted by molar-refractivity contribution is 0.228. The summed E-state index contributed by atoms with van der Waals surface area (Å²) in [4.78, 5) is 0. The summed E-state index contributed by atoms with van der Waals surface area (Å²) in [7, 11) is 0. The van der Waals surface area contributed by atoms with Crippen LogP contribution < -0.4 is 0 Å². The van der Waals surface area contributed by atoms with Gasteiger partial charge in [-0.3, -0.25) is 0 Å². The highest BCUT2D eigenvalue weighted by Gasteiger charge is 1.99. The van der Waals surface area contributed by atoms with Gasteiger partial charge in [0.05, 0.1) is 19.1 Å². The van der Waals surface area contributed by atoms with E-state index >= 15 is 0 Å². The quantitative estimate of drug-likeness (QED) is 0.326. The monoisotopic (exact) mass is 127 g/mol. The molecule has 1 aliphatic heterocycles. The molecule has 0 fully saturated rings. The predicted molar refractivity (Wildman–Crippen MR) is 33.5 cm³/mol. The maximum atomic E-state index is 8.09. The Morgan fingerprint density at radius 3 is 3.22 bits per heavy atom. The number of nitrogens with zero attached hydrogens (tertiary/aromatic N) is 1. The van der Waals surface area contributed by atoms with E-state index < -0.39 is 0 Å². The number of allylic oxidation sites excluding steroid dienone is 1. The zero-order valence-electron chi connectivity index (χ0n) is 5.08. The van der Waals surface area contributed by atoms with E-state index in [1.165, 1.54) is 6.21 Å². The van der Waals surface area contributed by atoms with Crippen LogP contribution in [0.4, 0.5) is 0 Å². The van der Waals surface area contributed by atoms with Crippen LogP contribution in [-0.4, -0.2) is 18.0 Å². The lowest BCUT2D eigenvalue weighted by Gasteiger charge is -2.08. The SMILES string of the molecule is O/N=C\C1=COCCC1. The largest absolute Gasteiger partial charge is 0.501 e. The molecule has 0 atom stereocenters. The summed E-state index contributed by atoms with van der Waals surface area (Å²) in [6, 6.07) is 0. The van der Waals surface area contributed by atoms with Crippen LogP contribution in [0, 0.1) is 0 Å². The number of rotatable bonds is 1. The third-order valence-corrected chi connectivity index (χ3v) is 1.19. The fourth-order valence-corrected chi connectivity index (χ4v) is 0.754. The fourth-order valence-electron chi connectivity index (χ4n) is 0.754. The van der Waals surface area contributed by atoms with Gasteiger partial charge in [0.15, 0.2) is 0 Å². The van der Waals surface area contributed by atoms with Crippen molar-refractivity contribution in [1.29, 1.82) is 0 Å². The van der Waals surface area contributed by atoms with E-state index in [1.807, 2.05) is 0 Å². The standard InChI is InChI=1S/C6H9NO2/c8-7-4-6-2-1-3-9-5-6/h4-5,8H,1-3H2/b7-4-. The minimum Gasteiger partial charge on any atom is -0.501 e. The van der Waals surface area contributed by atoms with Gasteiger partial charge in [-0.05, 0) is 12.8 Å². The predicted octanol–water partition coefficient (Wildman–Crippen LogP) is 1.14. The smallest absolute Gasteiger partial charge is 0.0877 e. The highest BCUT2D eigenvalue weighted by molar-refractivity contribution is 5.77. The second-order valence-corrected chi connectivity index (χ2v) is 1.91. The van der Waals surface area contributed by atoms with Gasteiger partial charge in [0.2, 0.25) is 0 Å². The molecule has 9 heavy (non-hydrogen) atoms. The van der Waals surface area contributed by atoms with Crippen LogP contribution in [0.3, 0.4) is 0 Å². The van der Waals surface area contributed by atoms with E-state index in [-0.39, 0.29) is 0 Å². The number of ether oxygens (including phenoxy) is 1. The Balaban J connectivity index is 2.46. The highest BCUT2D eigenvalue weighted by atomic mass is 16.5. The summed E-state index contributed by atoms with van der Waals surface area (Å²) in [6.45, 7) is 0.781. The lowest BCUT2D eigenvalue weighted by Crippen LogP contribution is -1.99. The Bertz CT molecular complexity index is 140. The maximum Gasteiger partial charge on any atom is 0.0877 e. The fraction of sp³-hybridized carbons (Fsp3) is 0.500. The van der Waals surface area contributed by atoms with Crippen LogP contribution in [0.25, 0.3) is 0 Å². The molecule has 3 heteroatoms. The summed E-state index contributed by atoms with van der Waals surface area (Å²) in [6.07, 6.45) is 4.99. The molecule has 1 rings (SSSR count). The van der Waals surface area contributed by atoms with Crippen molar-refractivity contribution >= 4 is 6.21 Å². The molecule has 0 aliphatic carbocycles. The van der Waals surface area contributed by atoms with Crippen molar-refractivity contribution in [2.24, 2.45) is 5.16 Å². The molecule has 0 radical (unpaired) electrons. The molecule has 3 nitrogen and oxygen atoms in total. The Morgan fingerprint density at radius 2 is 2.67 bits per heavy atom. The van der Waals surface area contributed by atoms with Gasteiger partial charge in [0.25, 0.3) is 0 Å². The average molecular weight is 127 g/mol. The van der Waals surface area contributed by atoms with Crippen LogP contribution >= 0.6 is 0 Å². The van der Waals surface area contributed by atoms with E-state index in [4.69, 9.17) is 9.94 Å². The van der Waals surface area contributed by atoms with E-state index in [2.05, 4.69) is 5.16 Å². The Labute approximate surface area is 53.6 Å². The average Bonchev–Trinajstić information content (AvgIpc) is 1.91. The molecular weight excluding hydrogens is 118 g/mol. The summed E-state index contributed by atoms with van der Waals surface area (Å²) >= 11 is 0. The van der Waals surface area contributed by atoms with Gasteiger partial charge in [-0.1, -0.05) is 5.16 Å². The summed E-state index contributed by atoms with van der Waals surface area (Å²) in [5.41, 5.74) is 0.948. The molecule has 0 amide bonds. The first-order valence-electron chi connectivity index (χ1n) is 2.91. The summed E-state index contributed by atoms with van der Waals surface area (Å²) in [5.74, 6) is 0. The van der Waals surface area contributed by atoms with Gasteiger partial charge in [-0.2, -0.15) is 0 Å². The van der Waals surface area contributed by atoms with Gasteiger partial charge in [0.1, 0.15) is 0 Å². The third-order valence-electron chi connectivity index (χ3n) is 1.19. The van der Waals surface area contributed by atoms with Gasteiger partial charge < -0.3 is 9.94 Å². The van der Waals surface area contributed by atoms with Gasteiger partial charge in [0, 0.05) is 5.57 Å². The third kappa shape index (κ3) is 1.76. The highest BCUT2D eigenvalue weighted by Crippen LogP contribution is 2.08. The van der Waals surface area contributed by atoms with Crippen molar-refractivity contribution in [3.63, 3.8) is 0 Å². The first-order valence-corrected chi connectivity index (χ1v) is 2.91. The first-order chi connectivity index (χ1) is 4.43. The van der Waals surface area contributed by atoms with Crippen LogP contribution in [0.1, 0.15) is 12.8 Å². The van der Waals surface area contributed by atoms with Gasteiger partial charge >= 0.3 is 0 Å². The van der Waals surface area contributed by atoms with Crippen molar-refractivity contribution in [2.45, 2.75) is 12.8 Å². The Hall–Kier alpha value is -0.990. The molecule has 0 saturated carbocycles. The lowest BCUT2D eigenvalue weighted by atomic mass is 10.1. The zero-order valence-corrected chi connectivity index (χ0v) is 5.08. The number of hydrogen-bond donors (Lipinski definition) is 1. The van der Waals surface area contributed by atoms with Crippen molar-refractivity contribution in [2.75, 3.05) is 6.61 Å². The molecule has 1 heterocycles. The second kappa shape index (κ2) is 3.12. The molecule has 0 bridgehead atoms. The molecule has 1 N–H and O–H groups in total. The van der Waals surface area contributed by atoms with E-state index in [1.54, 1.807) is 6.26 Å². The van der Waals surface area contributed by atoms with Gasteiger partial charge in [-0.25, -0.2) is 0 Å². The topological polar surface area (TPSA) is 41.8 Å². The van der Waals surface area contributed by atoms with E-state index in [0.717, 1.165) is 25.0 Å². The summed E-state index contributed by atoms with van der Waals surface area (Å²) < 4.78 is 4.97. The number of oxime groups is 1. The molecule has 0 aromatic heterocycles. The molecule has 0 spiro atoms. The van der Waals surface area contributed by atoms with Crippen LogP contribution in [0.2, 0.25) is 0 Å². The van der Waals surface area contributed by atoms with Crippen molar-refractivity contribution < 1.29 is 9.94 Å². The van der Waals surface area contributed by atoms with Crippen molar-refractivity contribution in [3.05, 3.63) is 11.8 Å². The van der Waals surface area contributed by atoms with Crippen LogP contribution in [-0.2, 0) is 4.74 Å². The number of hydrogen-bond acceptors (Lipinski definition) is 3. The normalized spacial score (nSPS) is 19.3. The van der Waals surface area contributed by atoms with E-state index in [9.17, 15) is 0 Å². The minimum absolute atomic E-state index is 0.781. The first kappa shape index (κ1) is 6.13. The molecule has 50 valence electrons. The summed E-state index contributed by atoms with van der Waals surface area (Å²) in [5, 5.41) is 11.0. The Kier molecular flexibility index (Phi) is 2.13. The van der Waals surface area contributed by atoms with Crippen LogP contribution in [0.15, 0.2) is 17.0 Å². The molecule has 0 saturated heterocycles. The maximum absolute atomic E-state index is 8.09. The molecular formula is C6H9NO2. The van der Waals surface area contributed by atoms with Crippen LogP contribution in [0.5, 0.6) is 0 Å². The van der Waals surface area contributed by atoms with E-state index in [0.29, 0.717) is 0 Å². The molecule has 0 aromatic rings. The zero-order chi connectivity index (χ0) is 6.53.